The first kappa shape index (κ1) is 31.9. The fourth-order valence-corrected chi connectivity index (χ4v) is 6.31. The Kier molecular flexibility index (Phi) is 8.61. The first-order valence-corrected chi connectivity index (χ1v) is 14.7. The number of likely N-dealkylation sites (tertiary alicyclic amines) is 1. The standard InChI is InChI=1S/C33H34ClFN4O6/c1-18-20(8-7-11-26(18)36-29(40)24-14-37(3)32(44)38(4)30(24)41)22-10-6-9-21(28(22)34)19-12-25(35)23(27(13-19)45-5)15-39-16-33(2,17-39)31(42)43/h6-13,24H,14-17H2,1-5H3,(H,36,40)(H,42,43). The van der Waals surface area contributed by atoms with Gasteiger partial charge in [-0.3, -0.25) is 24.2 Å². The van der Waals surface area contributed by atoms with Gasteiger partial charge in [0.1, 0.15) is 17.5 Å². The minimum absolute atomic E-state index is 0.0288. The van der Waals surface area contributed by atoms with Crippen LogP contribution in [-0.2, 0) is 20.9 Å². The Labute approximate surface area is 265 Å². The van der Waals surface area contributed by atoms with Gasteiger partial charge >= 0.3 is 12.0 Å². The molecule has 0 aliphatic carbocycles. The molecule has 2 aliphatic rings. The van der Waals surface area contributed by atoms with Crippen molar-refractivity contribution in [2.75, 3.05) is 46.2 Å². The maximum atomic E-state index is 15.5. The Morgan fingerprint density at radius 1 is 1.09 bits per heavy atom. The second-order valence-corrected chi connectivity index (χ2v) is 12.3. The van der Waals surface area contributed by atoms with Gasteiger partial charge in [0.05, 0.1) is 17.5 Å². The van der Waals surface area contributed by atoms with Crippen molar-refractivity contribution < 1.29 is 33.4 Å². The molecule has 0 saturated carbocycles. The van der Waals surface area contributed by atoms with E-state index in [4.69, 9.17) is 16.3 Å². The SMILES string of the molecule is COc1cc(-c2cccc(-c3cccc(NC(=O)C4CN(C)C(=O)N(C)C4=O)c3C)c2Cl)cc(F)c1CN1CC(C)(C(=O)O)C1. The normalized spacial score (nSPS) is 18.1. The van der Waals surface area contributed by atoms with E-state index < -0.39 is 41.0 Å². The van der Waals surface area contributed by atoms with Crippen molar-refractivity contribution in [2.45, 2.75) is 20.4 Å². The van der Waals surface area contributed by atoms with Crippen molar-refractivity contribution in [1.29, 1.82) is 0 Å². The van der Waals surface area contributed by atoms with E-state index in [2.05, 4.69) is 5.32 Å². The third-order valence-electron chi connectivity index (χ3n) is 8.62. The molecule has 0 radical (unpaired) electrons. The first-order chi connectivity index (χ1) is 21.2. The monoisotopic (exact) mass is 636 g/mol. The molecule has 0 aromatic heterocycles. The second kappa shape index (κ2) is 12.1. The van der Waals surface area contributed by atoms with Gasteiger partial charge in [0.15, 0.2) is 0 Å². The topological polar surface area (TPSA) is 119 Å². The predicted molar refractivity (Wildman–Crippen MR) is 168 cm³/mol. The number of benzene rings is 3. The molecule has 0 spiro atoms. The van der Waals surface area contributed by atoms with Crippen molar-refractivity contribution in [3.05, 3.63) is 70.5 Å². The zero-order chi connectivity index (χ0) is 32.8. The summed E-state index contributed by atoms with van der Waals surface area (Å²) in [7, 11) is 4.33. The number of imide groups is 1. The summed E-state index contributed by atoms with van der Waals surface area (Å²) in [6.07, 6.45) is 0. The van der Waals surface area contributed by atoms with Gasteiger partial charge < -0.3 is 20.1 Å². The Morgan fingerprint density at radius 3 is 2.40 bits per heavy atom. The van der Waals surface area contributed by atoms with Crippen LogP contribution in [0.5, 0.6) is 5.75 Å². The summed E-state index contributed by atoms with van der Waals surface area (Å²) in [5.74, 6) is -3.20. The number of hydrogen-bond donors (Lipinski definition) is 2. The molecular formula is C33H34ClFN4O6. The van der Waals surface area contributed by atoms with Crippen LogP contribution in [0.25, 0.3) is 22.3 Å². The number of rotatable bonds is 8. The van der Waals surface area contributed by atoms with Crippen LogP contribution in [-0.4, -0.2) is 84.5 Å². The van der Waals surface area contributed by atoms with E-state index in [1.165, 1.54) is 32.2 Å². The van der Waals surface area contributed by atoms with E-state index in [0.717, 1.165) is 10.5 Å². The summed E-state index contributed by atoms with van der Waals surface area (Å²) in [5.41, 5.74) is 3.11. The fraction of sp³-hybridized carbons (Fsp3) is 0.333. The third kappa shape index (κ3) is 5.85. The van der Waals surface area contributed by atoms with E-state index >= 15 is 4.39 Å². The summed E-state index contributed by atoms with van der Waals surface area (Å²) in [6, 6.07) is 13.4. The van der Waals surface area contributed by atoms with E-state index in [9.17, 15) is 24.3 Å². The number of aliphatic carboxylic acids is 1. The van der Waals surface area contributed by atoms with Crippen molar-refractivity contribution in [3.8, 4) is 28.0 Å². The lowest BCUT2D eigenvalue weighted by molar-refractivity contribution is -0.159. The van der Waals surface area contributed by atoms with Crippen LogP contribution in [0, 0.1) is 24.1 Å². The van der Waals surface area contributed by atoms with Crippen LogP contribution < -0.4 is 10.1 Å². The van der Waals surface area contributed by atoms with E-state index in [1.54, 1.807) is 37.3 Å². The van der Waals surface area contributed by atoms with Crippen molar-refractivity contribution >= 4 is 41.1 Å². The van der Waals surface area contributed by atoms with Crippen molar-refractivity contribution in [1.82, 2.24) is 14.7 Å². The highest BCUT2D eigenvalue weighted by atomic mass is 35.5. The molecule has 2 saturated heterocycles. The number of nitrogens with one attached hydrogen (secondary N) is 1. The lowest BCUT2D eigenvalue weighted by Gasteiger charge is -2.45. The van der Waals surface area contributed by atoms with Crippen LogP contribution in [0.1, 0.15) is 18.1 Å². The smallest absolute Gasteiger partial charge is 0.326 e. The zero-order valence-electron chi connectivity index (χ0n) is 25.6. The molecule has 5 rings (SSSR count). The summed E-state index contributed by atoms with van der Waals surface area (Å²) in [5, 5.41) is 12.6. The zero-order valence-corrected chi connectivity index (χ0v) is 26.4. The van der Waals surface area contributed by atoms with Gasteiger partial charge in [-0.1, -0.05) is 41.9 Å². The molecule has 2 fully saturated rings. The first-order valence-electron chi connectivity index (χ1n) is 14.3. The number of nitrogens with zero attached hydrogens (tertiary/aromatic N) is 3. The summed E-state index contributed by atoms with van der Waals surface area (Å²) in [6.45, 7) is 4.29. The van der Waals surface area contributed by atoms with E-state index in [1.807, 2.05) is 24.0 Å². The molecule has 1 atom stereocenters. The molecule has 3 aromatic carbocycles. The molecular weight excluding hydrogens is 603 g/mol. The predicted octanol–water partition coefficient (Wildman–Crippen LogP) is 5.12. The molecule has 2 aliphatic heterocycles. The molecule has 45 heavy (non-hydrogen) atoms. The average Bonchev–Trinajstić information content (AvgIpc) is 2.98. The lowest BCUT2D eigenvalue weighted by atomic mass is 9.82. The van der Waals surface area contributed by atoms with Crippen LogP contribution in [0.4, 0.5) is 14.9 Å². The summed E-state index contributed by atoms with van der Waals surface area (Å²) < 4.78 is 21.1. The number of hydrogen-bond acceptors (Lipinski definition) is 6. The number of methoxy groups -OCH3 is 1. The van der Waals surface area contributed by atoms with Gasteiger partial charge in [0.25, 0.3) is 0 Å². The van der Waals surface area contributed by atoms with Crippen LogP contribution in [0.15, 0.2) is 48.5 Å². The number of ether oxygens (including phenoxy) is 1. The molecule has 12 heteroatoms. The number of carbonyl (C=O) groups is 4. The van der Waals surface area contributed by atoms with Crippen molar-refractivity contribution in [2.24, 2.45) is 11.3 Å². The van der Waals surface area contributed by atoms with Crippen molar-refractivity contribution in [3.63, 3.8) is 0 Å². The number of carboxylic acids is 1. The molecule has 0 bridgehead atoms. The fourth-order valence-electron chi connectivity index (χ4n) is 5.97. The number of halogens is 2. The molecule has 3 aromatic rings. The summed E-state index contributed by atoms with van der Waals surface area (Å²) in [4.78, 5) is 53.5. The largest absolute Gasteiger partial charge is 0.496 e. The molecule has 4 amide bonds. The third-order valence-corrected chi connectivity index (χ3v) is 9.03. The Morgan fingerprint density at radius 2 is 1.73 bits per heavy atom. The van der Waals surface area contributed by atoms with Gasteiger partial charge in [-0.05, 0) is 48.7 Å². The maximum Gasteiger partial charge on any atom is 0.326 e. The van der Waals surface area contributed by atoms with Gasteiger partial charge in [0, 0.05) is 62.7 Å². The molecule has 2 heterocycles. The number of carboxylic acid groups (broad SMARTS) is 1. The Bertz CT molecular complexity index is 1720. The highest BCUT2D eigenvalue weighted by Gasteiger charge is 2.45. The molecule has 236 valence electrons. The quantitative estimate of drug-likeness (QED) is 0.330. The summed E-state index contributed by atoms with van der Waals surface area (Å²) >= 11 is 6.96. The highest BCUT2D eigenvalue weighted by Crippen LogP contribution is 2.41. The number of carbonyl (C=O) groups excluding carboxylic acids is 3. The van der Waals surface area contributed by atoms with Gasteiger partial charge in [-0.25, -0.2) is 9.18 Å². The Hall–Kier alpha value is -4.48. The molecule has 10 nitrogen and oxygen atoms in total. The maximum absolute atomic E-state index is 15.5. The molecule has 1 unspecified atom stereocenters. The number of anilines is 1. The number of urea groups is 1. The van der Waals surface area contributed by atoms with Gasteiger partial charge in [0.2, 0.25) is 11.8 Å². The highest BCUT2D eigenvalue weighted by molar-refractivity contribution is 6.36. The minimum atomic E-state index is -1.05. The van der Waals surface area contributed by atoms with E-state index in [0.29, 0.717) is 57.4 Å². The van der Waals surface area contributed by atoms with E-state index in [-0.39, 0.29) is 13.1 Å². The van der Waals surface area contributed by atoms with Gasteiger partial charge in [-0.15, -0.1) is 0 Å². The van der Waals surface area contributed by atoms with Gasteiger partial charge in [-0.2, -0.15) is 0 Å². The Balaban J connectivity index is 1.42. The van der Waals surface area contributed by atoms with Crippen LogP contribution >= 0.6 is 11.6 Å². The van der Waals surface area contributed by atoms with Crippen LogP contribution in [0.3, 0.4) is 0 Å². The second-order valence-electron chi connectivity index (χ2n) is 11.9. The number of amides is 4. The average molecular weight is 637 g/mol. The minimum Gasteiger partial charge on any atom is -0.496 e. The lowest BCUT2D eigenvalue weighted by Crippen LogP contribution is -2.58. The van der Waals surface area contributed by atoms with Crippen LogP contribution in [0.2, 0.25) is 5.02 Å². The molecule has 2 N–H and O–H groups in total.